The van der Waals surface area contributed by atoms with Crippen molar-refractivity contribution in [2.75, 3.05) is 11.4 Å². The predicted molar refractivity (Wildman–Crippen MR) is 103 cm³/mol. The van der Waals surface area contributed by atoms with Crippen molar-refractivity contribution in [3.63, 3.8) is 0 Å². The highest BCUT2D eigenvalue weighted by atomic mass is 16.5. The van der Waals surface area contributed by atoms with Gasteiger partial charge in [0, 0.05) is 31.1 Å². The van der Waals surface area contributed by atoms with Crippen molar-refractivity contribution < 1.29 is 13.7 Å². The molecule has 1 atom stereocenters. The van der Waals surface area contributed by atoms with Gasteiger partial charge in [-0.15, -0.1) is 0 Å². The van der Waals surface area contributed by atoms with Gasteiger partial charge in [-0.3, -0.25) is 4.79 Å². The summed E-state index contributed by atoms with van der Waals surface area (Å²) in [5.41, 5.74) is 4.33. The zero-order valence-electron chi connectivity index (χ0n) is 15.5. The van der Waals surface area contributed by atoms with Crippen molar-refractivity contribution >= 4 is 22.7 Å². The Balaban J connectivity index is 1.39. The van der Waals surface area contributed by atoms with Gasteiger partial charge >= 0.3 is 0 Å². The second-order valence-electron chi connectivity index (χ2n) is 7.11. The summed E-state index contributed by atoms with van der Waals surface area (Å²) in [6.45, 7) is 4.37. The van der Waals surface area contributed by atoms with E-state index in [1.807, 2.05) is 56.3 Å². The molecule has 1 saturated heterocycles. The van der Waals surface area contributed by atoms with Gasteiger partial charge in [0.15, 0.2) is 11.5 Å². The molecule has 0 aliphatic carbocycles. The first kappa shape index (κ1) is 16.7. The largest absolute Gasteiger partial charge is 0.441 e. The summed E-state index contributed by atoms with van der Waals surface area (Å²) in [7, 11) is 0. The summed E-state index contributed by atoms with van der Waals surface area (Å²) in [6, 6.07) is 13.5. The van der Waals surface area contributed by atoms with Crippen LogP contribution in [0.1, 0.15) is 29.7 Å². The fraction of sp³-hybridized carbons (Fsp3) is 0.238. The van der Waals surface area contributed by atoms with Crippen LogP contribution in [0.4, 0.5) is 5.69 Å². The van der Waals surface area contributed by atoms with Gasteiger partial charge in [0.1, 0.15) is 5.52 Å². The molecule has 7 nitrogen and oxygen atoms in total. The van der Waals surface area contributed by atoms with Gasteiger partial charge in [-0.25, -0.2) is 4.98 Å². The molecular weight excluding hydrogens is 356 g/mol. The van der Waals surface area contributed by atoms with Gasteiger partial charge in [0.05, 0.1) is 5.92 Å². The summed E-state index contributed by atoms with van der Waals surface area (Å²) in [5.74, 6) is 1.52. The minimum atomic E-state index is -0.118. The van der Waals surface area contributed by atoms with E-state index >= 15 is 0 Å². The topological polar surface area (TPSA) is 85.3 Å². The highest BCUT2D eigenvalue weighted by Gasteiger charge is 2.35. The maximum atomic E-state index is 12.5. The molecule has 7 heteroatoms. The summed E-state index contributed by atoms with van der Waals surface area (Å²) in [6.07, 6.45) is 0.358. The van der Waals surface area contributed by atoms with E-state index in [2.05, 4.69) is 15.1 Å². The van der Waals surface area contributed by atoms with Gasteiger partial charge in [-0.05, 0) is 37.3 Å². The number of hydrogen-bond donors (Lipinski definition) is 0. The molecule has 1 aliphatic rings. The van der Waals surface area contributed by atoms with Crippen molar-refractivity contribution in [1.82, 2.24) is 15.1 Å². The van der Waals surface area contributed by atoms with E-state index in [4.69, 9.17) is 8.94 Å². The smallest absolute Gasteiger partial charge is 0.232 e. The quantitative estimate of drug-likeness (QED) is 0.538. The van der Waals surface area contributed by atoms with Gasteiger partial charge in [-0.1, -0.05) is 22.9 Å². The standard InChI is InChI=1S/C21H18N4O3/c1-12-3-6-16(7-4-12)25-11-15(10-19(25)26)21-23-20(24-28-21)14-5-8-18-17(9-14)22-13(2)27-18/h3-9,15H,10-11H2,1-2H3. The van der Waals surface area contributed by atoms with E-state index in [1.165, 1.54) is 0 Å². The van der Waals surface area contributed by atoms with Crippen LogP contribution in [0.5, 0.6) is 0 Å². The molecule has 1 aliphatic heterocycles. The molecule has 140 valence electrons. The summed E-state index contributed by atoms with van der Waals surface area (Å²) >= 11 is 0. The summed E-state index contributed by atoms with van der Waals surface area (Å²) < 4.78 is 11.0. The molecule has 28 heavy (non-hydrogen) atoms. The Bertz CT molecular complexity index is 1180. The van der Waals surface area contributed by atoms with Crippen LogP contribution in [0.25, 0.3) is 22.5 Å². The molecule has 3 heterocycles. The fourth-order valence-corrected chi connectivity index (χ4v) is 3.55. The van der Waals surface area contributed by atoms with Crippen molar-refractivity contribution in [1.29, 1.82) is 0 Å². The molecule has 0 radical (unpaired) electrons. The first-order valence-electron chi connectivity index (χ1n) is 9.15. The van der Waals surface area contributed by atoms with Gasteiger partial charge < -0.3 is 13.8 Å². The van der Waals surface area contributed by atoms with Gasteiger partial charge in [-0.2, -0.15) is 4.98 Å². The third kappa shape index (κ3) is 2.85. The third-order valence-corrected chi connectivity index (χ3v) is 5.01. The molecule has 1 unspecified atom stereocenters. The lowest BCUT2D eigenvalue weighted by molar-refractivity contribution is -0.117. The van der Waals surface area contributed by atoms with Crippen LogP contribution in [0.15, 0.2) is 51.4 Å². The second-order valence-corrected chi connectivity index (χ2v) is 7.11. The van der Waals surface area contributed by atoms with E-state index in [1.54, 1.807) is 4.90 Å². The van der Waals surface area contributed by atoms with E-state index < -0.39 is 0 Å². The average molecular weight is 374 g/mol. The second kappa shape index (κ2) is 6.30. The molecular formula is C21H18N4O3. The Morgan fingerprint density at radius 1 is 1.07 bits per heavy atom. The van der Waals surface area contributed by atoms with Gasteiger partial charge in [0.25, 0.3) is 0 Å². The normalized spacial score (nSPS) is 17.0. The number of aromatic nitrogens is 3. The van der Waals surface area contributed by atoms with Crippen molar-refractivity contribution in [2.24, 2.45) is 0 Å². The third-order valence-electron chi connectivity index (χ3n) is 5.01. The van der Waals surface area contributed by atoms with Gasteiger partial charge in [0.2, 0.25) is 17.6 Å². The van der Waals surface area contributed by atoms with E-state index in [9.17, 15) is 4.79 Å². The SMILES string of the molecule is Cc1ccc(N2CC(c3nc(-c4ccc5oc(C)nc5c4)no3)CC2=O)cc1. The van der Waals surface area contributed by atoms with Crippen LogP contribution in [-0.4, -0.2) is 27.6 Å². The Labute approximate surface area is 161 Å². The van der Waals surface area contributed by atoms with Crippen LogP contribution < -0.4 is 4.90 Å². The van der Waals surface area contributed by atoms with Crippen LogP contribution in [0.3, 0.4) is 0 Å². The Hall–Kier alpha value is -3.48. The molecule has 1 amide bonds. The van der Waals surface area contributed by atoms with Crippen molar-refractivity contribution in [3.05, 3.63) is 59.8 Å². The highest BCUT2D eigenvalue weighted by Crippen LogP contribution is 2.32. The molecule has 0 N–H and O–H groups in total. The lowest BCUT2D eigenvalue weighted by atomic mass is 10.1. The maximum absolute atomic E-state index is 12.5. The molecule has 0 spiro atoms. The maximum Gasteiger partial charge on any atom is 0.232 e. The minimum Gasteiger partial charge on any atom is -0.441 e. The zero-order valence-corrected chi connectivity index (χ0v) is 15.5. The molecule has 5 rings (SSSR count). The monoisotopic (exact) mass is 374 g/mol. The van der Waals surface area contributed by atoms with Crippen LogP contribution in [-0.2, 0) is 4.79 Å². The molecule has 2 aromatic carbocycles. The van der Waals surface area contributed by atoms with E-state index in [0.29, 0.717) is 30.6 Å². The van der Waals surface area contributed by atoms with Crippen LogP contribution >= 0.6 is 0 Å². The number of aryl methyl sites for hydroxylation is 2. The fourth-order valence-electron chi connectivity index (χ4n) is 3.55. The van der Waals surface area contributed by atoms with Crippen LogP contribution in [0.2, 0.25) is 0 Å². The Morgan fingerprint density at radius 2 is 1.89 bits per heavy atom. The number of hydrogen-bond acceptors (Lipinski definition) is 6. The van der Waals surface area contributed by atoms with E-state index in [-0.39, 0.29) is 11.8 Å². The first-order chi connectivity index (χ1) is 13.6. The highest BCUT2D eigenvalue weighted by molar-refractivity contribution is 5.96. The number of carbonyl (C=O) groups excluding carboxylic acids is 1. The van der Waals surface area contributed by atoms with Crippen molar-refractivity contribution in [3.8, 4) is 11.4 Å². The van der Waals surface area contributed by atoms with Crippen LogP contribution in [0, 0.1) is 13.8 Å². The molecule has 4 aromatic rings. The van der Waals surface area contributed by atoms with Crippen molar-refractivity contribution in [2.45, 2.75) is 26.2 Å². The number of rotatable bonds is 3. The molecule has 1 fully saturated rings. The Kier molecular flexibility index (Phi) is 3.75. The number of fused-ring (bicyclic) bond motifs is 1. The lowest BCUT2D eigenvalue weighted by Gasteiger charge is -2.16. The predicted octanol–water partition coefficient (Wildman–Crippen LogP) is 4.02. The number of nitrogens with zero attached hydrogens (tertiary/aromatic N) is 4. The molecule has 0 saturated carbocycles. The number of amides is 1. The van der Waals surface area contributed by atoms with E-state index in [0.717, 1.165) is 27.9 Å². The number of benzene rings is 2. The lowest BCUT2D eigenvalue weighted by Crippen LogP contribution is -2.24. The summed E-state index contributed by atoms with van der Waals surface area (Å²) in [4.78, 5) is 23.1. The number of oxazole rings is 1. The number of carbonyl (C=O) groups is 1. The number of anilines is 1. The molecule has 2 aromatic heterocycles. The minimum absolute atomic E-state index is 0.0631. The average Bonchev–Trinajstić information content (AvgIpc) is 3.39. The first-order valence-corrected chi connectivity index (χ1v) is 9.15. The summed E-state index contributed by atoms with van der Waals surface area (Å²) in [5, 5.41) is 4.10. The zero-order chi connectivity index (χ0) is 19.3. The molecule has 0 bridgehead atoms. The Morgan fingerprint density at radius 3 is 2.71 bits per heavy atom.